The Hall–Kier alpha value is -3.25. The predicted octanol–water partition coefficient (Wildman–Crippen LogP) is 3.60. The van der Waals surface area contributed by atoms with Crippen LogP contribution in [-0.4, -0.2) is 43.3 Å². The van der Waals surface area contributed by atoms with Crippen LogP contribution in [0.5, 0.6) is 0 Å². The van der Waals surface area contributed by atoms with Gasteiger partial charge in [0, 0.05) is 24.9 Å². The van der Waals surface area contributed by atoms with Gasteiger partial charge in [0.2, 0.25) is 0 Å². The fourth-order valence-corrected chi connectivity index (χ4v) is 3.51. The van der Waals surface area contributed by atoms with Crippen molar-refractivity contribution >= 4 is 28.8 Å². The number of hydrogen-bond donors (Lipinski definition) is 0. The van der Waals surface area contributed by atoms with E-state index >= 15 is 0 Å². The first-order valence-electron chi connectivity index (χ1n) is 9.71. The number of benzene rings is 2. The van der Waals surface area contributed by atoms with Gasteiger partial charge in [-0.25, -0.2) is 9.79 Å². The third-order valence-electron chi connectivity index (χ3n) is 5.03. The Balaban J connectivity index is 1.79. The van der Waals surface area contributed by atoms with Crippen LogP contribution in [0.1, 0.15) is 22.3 Å². The van der Waals surface area contributed by atoms with E-state index in [4.69, 9.17) is 14.1 Å². The highest BCUT2D eigenvalue weighted by atomic mass is 16.5. The van der Waals surface area contributed by atoms with Crippen molar-refractivity contribution in [2.24, 2.45) is 4.99 Å². The van der Waals surface area contributed by atoms with Crippen molar-refractivity contribution in [2.75, 3.05) is 26.3 Å². The van der Waals surface area contributed by atoms with E-state index in [-0.39, 0.29) is 5.56 Å². The van der Waals surface area contributed by atoms with Crippen LogP contribution in [0.3, 0.4) is 0 Å². The Bertz CT molecular complexity index is 1080. The summed E-state index contributed by atoms with van der Waals surface area (Å²) in [5, 5.41) is 0.652. The number of para-hydroxylation sites is 1. The molecule has 4 rings (SSSR count). The van der Waals surface area contributed by atoms with Gasteiger partial charge >= 0.3 is 5.63 Å². The normalized spacial score (nSPS) is 14.9. The maximum absolute atomic E-state index is 12.3. The lowest BCUT2D eigenvalue weighted by Gasteiger charge is -2.30. The minimum absolute atomic E-state index is 0.0471. The number of rotatable bonds is 5. The molecule has 1 aliphatic rings. The minimum Gasteiger partial charge on any atom is -0.422 e. The number of nitrogens with zero attached hydrogens (tertiary/aromatic N) is 2. The molecule has 1 fully saturated rings. The Morgan fingerprint density at radius 2 is 1.76 bits per heavy atom. The second-order valence-electron chi connectivity index (χ2n) is 6.88. The molecule has 2 aromatic carbocycles. The number of carbonyl (C=O) groups is 1. The zero-order chi connectivity index (χ0) is 20.1. The SMILES string of the molecule is O=Cc1c(N=C(CCc2ccccc2)N2CCOCC2)c2ccccc2oc1=O. The van der Waals surface area contributed by atoms with E-state index in [1.807, 2.05) is 30.3 Å². The zero-order valence-corrected chi connectivity index (χ0v) is 16.0. The molecule has 0 saturated carbocycles. The summed E-state index contributed by atoms with van der Waals surface area (Å²) in [6, 6.07) is 17.3. The van der Waals surface area contributed by atoms with Gasteiger partial charge in [0.25, 0.3) is 0 Å². The van der Waals surface area contributed by atoms with Crippen molar-refractivity contribution in [3.05, 3.63) is 76.1 Å². The second kappa shape index (κ2) is 8.84. The topological polar surface area (TPSA) is 72.1 Å². The molecule has 29 heavy (non-hydrogen) atoms. The van der Waals surface area contributed by atoms with Gasteiger partial charge in [0.05, 0.1) is 18.9 Å². The van der Waals surface area contributed by atoms with Crippen LogP contribution in [0.4, 0.5) is 5.69 Å². The molecule has 0 aliphatic carbocycles. The van der Waals surface area contributed by atoms with Crippen LogP contribution >= 0.6 is 0 Å². The van der Waals surface area contributed by atoms with Gasteiger partial charge in [-0.1, -0.05) is 42.5 Å². The molecule has 1 saturated heterocycles. The number of aryl methyl sites for hydroxylation is 1. The van der Waals surface area contributed by atoms with Crippen LogP contribution in [0, 0.1) is 0 Å². The van der Waals surface area contributed by atoms with E-state index in [0.29, 0.717) is 42.6 Å². The largest absolute Gasteiger partial charge is 0.422 e. The maximum atomic E-state index is 12.3. The average Bonchev–Trinajstić information content (AvgIpc) is 2.77. The number of fused-ring (bicyclic) bond motifs is 1. The Labute approximate surface area is 168 Å². The molecule has 1 aliphatic heterocycles. The van der Waals surface area contributed by atoms with Crippen molar-refractivity contribution in [3.8, 4) is 0 Å². The molecule has 0 spiro atoms. The van der Waals surface area contributed by atoms with Crippen molar-refractivity contribution in [1.29, 1.82) is 0 Å². The van der Waals surface area contributed by atoms with Crippen LogP contribution in [-0.2, 0) is 11.2 Å². The Morgan fingerprint density at radius 1 is 1.03 bits per heavy atom. The number of carbonyl (C=O) groups excluding carboxylic acids is 1. The van der Waals surface area contributed by atoms with Gasteiger partial charge in [0.15, 0.2) is 6.29 Å². The summed E-state index contributed by atoms with van der Waals surface area (Å²) in [4.78, 5) is 31.0. The lowest BCUT2D eigenvalue weighted by Crippen LogP contribution is -2.41. The zero-order valence-electron chi connectivity index (χ0n) is 16.0. The third-order valence-corrected chi connectivity index (χ3v) is 5.03. The van der Waals surface area contributed by atoms with Gasteiger partial charge in [-0.05, 0) is 24.1 Å². The van der Waals surface area contributed by atoms with Crippen molar-refractivity contribution in [3.63, 3.8) is 0 Å². The third kappa shape index (κ3) is 4.27. The van der Waals surface area contributed by atoms with Gasteiger partial charge in [0.1, 0.15) is 17.0 Å². The summed E-state index contributed by atoms with van der Waals surface area (Å²) < 4.78 is 10.8. The highest BCUT2D eigenvalue weighted by Crippen LogP contribution is 2.28. The minimum atomic E-state index is -0.665. The average molecular weight is 390 g/mol. The summed E-state index contributed by atoms with van der Waals surface area (Å²) in [5.41, 5.74) is 1.30. The summed E-state index contributed by atoms with van der Waals surface area (Å²) >= 11 is 0. The van der Waals surface area contributed by atoms with Crippen LogP contribution in [0.2, 0.25) is 0 Å². The quantitative estimate of drug-likeness (QED) is 0.288. The number of amidine groups is 1. The lowest BCUT2D eigenvalue weighted by atomic mass is 10.1. The number of ether oxygens (including phenoxy) is 1. The van der Waals surface area contributed by atoms with Gasteiger partial charge in [-0.2, -0.15) is 0 Å². The summed E-state index contributed by atoms with van der Waals surface area (Å²) in [6.07, 6.45) is 2.04. The molecule has 0 unspecified atom stereocenters. The molecule has 0 bridgehead atoms. The molecular weight excluding hydrogens is 368 g/mol. The van der Waals surface area contributed by atoms with E-state index in [1.54, 1.807) is 12.1 Å². The fraction of sp³-hybridized carbons (Fsp3) is 0.261. The van der Waals surface area contributed by atoms with E-state index in [0.717, 1.165) is 25.3 Å². The molecule has 0 radical (unpaired) electrons. The van der Waals surface area contributed by atoms with Crippen molar-refractivity contribution in [1.82, 2.24) is 4.90 Å². The van der Waals surface area contributed by atoms with E-state index in [9.17, 15) is 9.59 Å². The van der Waals surface area contributed by atoms with Gasteiger partial charge < -0.3 is 14.1 Å². The van der Waals surface area contributed by atoms with Crippen molar-refractivity contribution in [2.45, 2.75) is 12.8 Å². The van der Waals surface area contributed by atoms with Gasteiger partial charge in [-0.3, -0.25) is 4.79 Å². The first-order chi connectivity index (χ1) is 14.3. The van der Waals surface area contributed by atoms with Crippen LogP contribution in [0.15, 0.2) is 68.8 Å². The summed E-state index contributed by atoms with van der Waals surface area (Å²) in [5.74, 6) is 0.844. The van der Waals surface area contributed by atoms with Crippen LogP contribution < -0.4 is 5.63 Å². The van der Waals surface area contributed by atoms with E-state index < -0.39 is 5.63 Å². The molecule has 6 nitrogen and oxygen atoms in total. The second-order valence-corrected chi connectivity index (χ2v) is 6.88. The highest BCUT2D eigenvalue weighted by Gasteiger charge is 2.19. The maximum Gasteiger partial charge on any atom is 0.349 e. The number of hydrogen-bond acceptors (Lipinski definition) is 5. The number of aliphatic imine (C=N–C) groups is 1. The highest BCUT2D eigenvalue weighted by molar-refractivity contribution is 6.00. The molecule has 1 aromatic heterocycles. The van der Waals surface area contributed by atoms with Crippen molar-refractivity contribution < 1.29 is 13.9 Å². The summed E-state index contributed by atoms with van der Waals surface area (Å²) in [7, 11) is 0. The Morgan fingerprint density at radius 3 is 2.52 bits per heavy atom. The molecule has 2 heterocycles. The Kier molecular flexibility index (Phi) is 5.81. The molecule has 0 atom stereocenters. The molecule has 0 amide bonds. The molecule has 6 heteroatoms. The lowest BCUT2D eigenvalue weighted by molar-refractivity contribution is 0.0672. The smallest absolute Gasteiger partial charge is 0.349 e. The van der Waals surface area contributed by atoms with Crippen LogP contribution in [0.25, 0.3) is 11.0 Å². The van der Waals surface area contributed by atoms with E-state index in [1.165, 1.54) is 5.56 Å². The fourth-order valence-electron chi connectivity index (χ4n) is 3.51. The standard InChI is InChI=1S/C23H22N2O4/c26-16-19-22(18-8-4-5-9-20(18)29-23(19)27)24-21(25-12-14-28-15-13-25)11-10-17-6-2-1-3-7-17/h1-9,16H,10-15H2. The molecule has 148 valence electrons. The van der Waals surface area contributed by atoms with E-state index in [2.05, 4.69) is 17.0 Å². The number of aldehydes is 1. The molecular formula is C23H22N2O4. The van der Waals surface area contributed by atoms with Gasteiger partial charge in [-0.15, -0.1) is 0 Å². The first kappa shape index (κ1) is 19.1. The predicted molar refractivity (Wildman–Crippen MR) is 112 cm³/mol. The monoisotopic (exact) mass is 390 g/mol. The molecule has 3 aromatic rings. The number of morpholine rings is 1. The summed E-state index contributed by atoms with van der Waals surface area (Å²) in [6.45, 7) is 2.71. The molecule has 0 N–H and O–H groups in total. The first-order valence-corrected chi connectivity index (χ1v) is 9.71.